The number of nitro benzene ring substituents is 1. The van der Waals surface area contributed by atoms with Crippen molar-refractivity contribution in [1.82, 2.24) is 0 Å². The summed E-state index contributed by atoms with van der Waals surface area (Å²) >= 11 is 1.35. The number of anilines is 1. The Kier molecular flexibility index (Phi) is 4.67. The highest BCUT2D eigenvalue weighted by atomic mass is 32.1. The molecule has 0 atom stereocenters. The van der Waals surface area contributed by atoms with Gasteiger partial charge in [0.1, 0.15) is 10.8 Å². The van der Waals surface area contributed by atoms with E-state index in [2.05, 4.69) is 5.32 Å². The Balaban J connectivity index is 1.63. The van der Waals surface area contributed by atoms with Crippen LogP contribution in [0, 0.1) is 17.0 Å². The van der Waals surface area contributed by atoms with Gasteiger partial charge in [0.15, 0.2) is 5.76 Å². The van der Waals surface area contributed by atoms with Crippen molar-refractivity contribution in [1.29, 1.82) is 0 Å². The third-order valence-corrected chi connectivity index (χ3v) is 6.05. The minimum Gasteiger partial charge on any atom is -0.451 e. The second-order valence-corrected chi connectivity index (χ2v) is 7.93. The van der Waals surface area contributed by atoms with Crippen molar-refractivity contribution < 1.29 is 18.9 Å². The first-order valence-corrected chi connectivity index (χ1v) is 9.77. The van der Waals surface area contributed by atoms with Crippen molar-refractivity contribution in [2.45, 2.75) is 26.2 Å². The number of rotatable bonds is 5. The first-order chi connectivity index (χ1) is 13.8. The van der Waals surface area contributed by atoms with Crippen LogP contribution in [0.5, 0.6) is 0 Å². The number of hydrogen-bond donors (Lipinski definition) is 2. The molecule has 2 aromatic heterocycles. The van der Waals surface area contributed by atoms with Gasteiger partial charge in [0.2, 0.25) is 0 Å². The van der Waals surface area contributed by atoms with E-state index in [1.807, 2.05) is 0 Å². The molecule has 3 aromatic rings. The number of thiophene rings is 1. The molecule has 9 heteroatoms. The summed E-state index contributed by atoms with van der Waals surface area (Å²) in [4.78, 5) is 36.4. The van der Waals surface area contributed by atoms with Crippen LogP contribution in [0.2, 0.25) is 0 Å². The second-order valence-electron chi connectivity index (χ2n) is 6.82. The Morgan fingerprint density at radius 3 is 2.76 bits per heavy atom. The average molecular weight is 411 g/mol. The van der Waals surface area contributed by atoms with Crippen molar-refractivity contribution in [3.63, 3.8) is 0 Å². The molecule has 148 valence electrons. The van der Waals surface area contributed by atoms with E-state index >= 15 is 0 Å². The zero-order valence-corrected chi connectivity index (χ0v) is 16.3. The van der Waals surface area contributed by atoms with Crippen LogP contribution in [0.1, 0.15) is 43.3 Å². The Bertz CT molecular complexity index is 1160. The van der Waals surface area contributed by atoms with E-state index in [1.165, 1.54) is 29.5 Å². The highest BCUT2D eigenvalue weighted by molar-refractivity contribution is 7.17. The molecule has 29 heavy (non-hydrogen) atoms. The van der Waals surface area contributed by atoms with E-state index in [1.54, 1.807) is 19.1 Å². The van der Waals surface area contributed by atoms with Gasteiger partial charge in [-0.3, -0.25) is 19.7 Å². The number of primary amides is 1. The number of nitrogens with two attached hydrogens (primary N) is 1. The molecular formula is C20H17N3O5S. The normalized spacial score (nSPS) is 12.6. The van der Waals surface area contributed by atoms with E-state index < -0.39 is 16.7 Å². The lowest BCUT2D eigenvalue weighted by atomic mass is 10.1. The van der Waals surface area contributed by atoms with E-state index in [0.717, 1.165) is 35.3 Å². The number of nitrogens with zero attached hydrogens (tertiary/aromatic N) is 1. The van der Waals surface area contributed by atoms with E-state index in [4.69, 9.17) is 10.2 Å². The van der Waals surface area contributed by atoms with Crippen molar-refractivity contribution in [3.05, 3.63) is 67.8 Å². The van der Waals surface area contributed by atoms with E-state index in [0.29, 0.717) is 10.6 Å². The van der Waals surface area contributed by atoms with Crippen LogP contribution in [0.4, 0.5) is 10.7 Å². The van der Waals surface area contributed by atoms with Crippen molar-refractivity contribution in [2.24, 2.45) is 5.73 Å². The molecule has 2 amide bonds. The molecular weight excluding hydrogens is 394 g/mol. The number of carbonyl (C=O) groups excluding carboxylic acids is 2. The number of hydrogen-bond acceptors (Lipinski definition) is 6. The summed E-state index contributed by atoms with van der Waals surface area (Å²) in [6.07, 6.45) is 2.59. The van der Waals surface area contributed by atoms with Crippen molar-refractivity contribution >= 4 is 33.8 Å². The Morgan fingerprint density at radius 2 is 2.03 bits per heavy atom. The predicted molar refractivity (Wildman–Crippen MR) is 108 cm³/mol. The van der Waals surface area contributed by atoms with Gasteiger partial charge < -0.3 is 15.5 Å². The molecule has 0 bridgehead atoms. The summed E-state index contributed by atoms with van der Waals surface area (Å²) in [5.74, 6) is -0.923. The SMILES string of the molecule is Cc1ccc(-c2ccc(C(=O)Nc3sc4c(c3C(N)=O)CCC4)o2)c([N+](=O)[O-])c1. The molecule has 4 rings (SSSR count). The molecule has 2 heterocycles. The van der Waals surface area contributed by atoms with Gasteiger partial charge in [-0.25, -0.2) is 0 Å². The maximum absolute atomic E-state index is 12.6. The number of carbonyl (C=O) groups is 2. The number of fused-ring (bicyclic) bond motifs is 1. The van der Waals surface area contributed by atoms with Crippen LogP contribution in [0.3, 0.4) is 0 Å². The smallest absolute Gasteiger partial charge is 0.292 e. The minimum absolute atomic E-state index is 0.0150. The first kappa shape index (κ1) is 18.9. The largest absolute Gasteiger partial charge is 0.451 e. The highest BCUT2D eigenvalue weighted by Crippen LogP contribution is 2.39. The van der Waals surface area contributed by atoms with Crippen molar-refractivity contribution in [3.8, 4) is 11.3 Å². The molecule has 1 aromatic carbocycles. The Hall–Kier alpha value is -3.46. The van der Waals surface area contributed by atoms with Gasteiger partial charge in [-0.15, -0.1) is 11.3 Å². The highest BCUT2D eigenvalue weighted by Gasteiger charge is 2.27. The van der Waals surface area contributed by atoms with E-state index in [-0.39, 0.29) is 22.8 Å². The fraction of sp³-hybridized carbons (Fsp3) is 0.200. The molecule has 1 aliphatic carbocycles. The lowest BCUT2D eigenvalue weighted by molar-refractivity contribution is -0.384. The summed E-state index contributed by atoms with van der Waals surface area (Å²) in [6.45, 7) is 1.76. The maximum atomic E-state index is 12.6. The Labute approximate surface area is 169 Å². The summed E-state index contributed by atoms with van der Waals surface area (Å²) in [5, 5.41) is 14.4. The molecule has 0 radical (unpaired) electrons. The quantitative estimate of drug-likeness (QED) is 0.483. The van der Waals surface area contributed by atoms with Crippen LogP contribution >= 0.6 is 11.3 Å². The third-order valence-electron chi connectivity index (χ3n) is 4.84. The fourth-order valence-corrected chi connectivity index (χ4v) is 4.81. The van der Waals surface area contributed by atoms with Gasteiger partial charge in [-0.05, 0) is 55.5 Å². The topological polar surface area (TPSA) is 128 Å². The molecule has 1 aliphatic rings. The first-order valence-electron chi connectivity index (χ1n) is 8.96. The van der Waals surface area contributed by atoms with Crippen LogP contribution < -0.4 is 11.1 Å². The lowest BCUT2D eigenvalue weighted by Gasteiger charge is -2.04. The number of nitro groups is 1. The molecule has 0 aliphatic heterocycles. The molecule has 0 unspecified atom stereocenters. The van der Waals surface area contributed by atoms with Crippen LogP contribution in [-0.2, 0) is 12.8 Å². The van der Waals surface area contributed by atoms with Gasteiger partial charge in [-0.1, -0.05) is 6.07 Å². The van der Waals surface area contributed by atoms with Gasteiger partial charge in [0.05, 0.1) is 16.1 Å². The van der Waals surface area contributed by atoms with E-state index in [9.17, 15) is 19.7 Å². The van der Waals surface area contributed by atoms with Gasteiger partial charge in [-0.2, -0.15) is 0 Å². The molecule has 0 fully saturated rings. The summed E-state index contributed by atoms with van der Waals surface area (Å²) in [6, 6.07) is 7.72. The number of furan rings is 1. The monoisotopic (exact) mass is 411 g/mol. The summed E-state index contributed by atoms with van der Waals surface area (Å²) in [7, 11) is 0. The Morgan fingerprint density at radius 1 is 1.24 bits per heavy atom. The molecule has 0 saturated heterocycles. The lowest BCUT2D eigenvalue weighted by Crippen LogP contribution is -2.17. The van der Waals surface area contributed by atoms with Crippen LogP contribution in [-0.4, -0.2) is 16.7 Å². The number of amides is 2. The fourth-order valence-electron chi connectivity index (χ4n) is 3.52. The standard InChI is InChI=1S/C20H17N3O5S/c1-10-5-6-11(13(9-10)23(26)27)14-7-8-15(28-14)19(25)22-20-17(18(21)24)12-3-2-4-16(12)29-20/h5-9H,2-4H2,1H3,(H2,21,24)(H,22,25). The molecule has 3 N–H and O–H groups in total. The van der Waals surface area contributed by atoms with Gasteiger partial charge in [0.25, 0.3) is 17.5 Å². The zero-order chi connectivity index (χ0) is 20.7. The number of nitrogens with one attached hydrogen (secondary N) is 1. The maximum Gasteiger partial charge on any atom is 0.292 e. The summed E-state index contributed by atoms with van der Waals surface area (Å²) < 4.78 is 5.58. The van der Waals surface area contributed by atoms with Crippen molar-refractivity contribution in [2.75, 3.05) is 5.32 Å². The average Bonchev–Trinajstić information content (AvgIpc) is 3.36. The van der Waals surface area contributed by atoms with Gasteiger partial charge in [0, 0.05) is 10.9 Å². The molecule has 8 nitrogen and oxygen atoms in total. The minimum atomic E-state index is -0.574. The predicted octanol–water partition coefficient (Wildman–Crippen LogP) is 4.06. The molecule has 0 saturated carbocycles. The number of benzene rings is 1. The second kappa shape index (κ2) is 7.17. The number of aryl methyl sites for hydroxylation is 2. The zero-order valence-electron chi connectivity index (χ0n) is 15.5. The van der Waals surface area contributed by atoms with Crippen LogP contribution in [0.15, 0.2) is 34.7 Å². The summed E-state index contributed by atoms with van der Waals surface area (Å²) in [5.41, 5.74) is 7.71. The van der Waals surface area contributed by atoms with Crippen LogP contribution in [0.25, 0.3) is 11.3 Å². The van der Waals surface area contributed by atoms with Gasteiger partial charge >= 0.3 is 0 Å². The molecule has 0 spiro atoms. The third kappa shape index (κ3) is 3.40.